The van der Waals surface area contributed by atoms with Crippen LogP contribution in [-0.4, -0.2) is 6.61 Å². The minimum absolute atomic E-state index is 0.246. The summed E-state index contributed by atoms with van der Waals surface area (Å²) in [4.78, 5) is 0. The lowest BCUT2D eigenvalue weighted by Gasteiger charge is -2.13. The van der Waals surface area contributed by atoms with Crippen LogP contribution in [0.25, 0.3) is 0 Å². The van der Waals surface area contributed by atoms with E-state index in [-0.39, 0.29) is 5.60 Å². The molecular formula is C15H12O2. The van der Waals surface area contributed by atoms with E-state index in [1.165, 1.54) is 11.1 Å². The van der Waals surface area contributed by atoms with E-state index >= 15 is 0 Å². The Morgan fingerprint density at radius 3 is 2.41 bits per heavy atom. The van der Waals surface area contributed by atoms with Gasteiger partial charge in [-0.3, -0.25) is 0 Å². The van der Waals surface area contributed by atoms with Crippen molar-refractivity contribution in [2.45, 2.75) is 12.2 Å². The lowest BCUT2D eigenvalue weighted by atomic mass is 9.89. The molecule has 0 bridgehead atoms. The maximum absolute atomic E-state index is 5.87. The zero-order valence-electron chi connectivity index (χ0n) is 9.35. The fourth-order valence-electron chi connectivity index (χ4n) is 2.65. The average molecular weight is 224 g/mol. The maximum Gasteiger partial charge on any atom is 0.145 e. The van der Waals surface area contributed by atoms with Gasteiger partial charge < -0.3 is 9.47 Å². The fourth-order valence-corrected chi connectivity index (χ4v) is 2.65. The summed E-state index contributed by atoms with van der Waals surface area (Å²) in [7, 11) is 0. The number of epoxide rings is 1. The summed E-state index contributed by atoms with van der Waals surface area (Å²) >= 11 is 0. The van der Waals surface area contributed by atoms with Crippen LogP contribution >= 0.6 is 0 Å². The van der Waals surface area contributed by atoms with Gasteiger partial charge in [0.05, 0.1) is 6.61 Å². The molecule has 2 aliphatic heterocycles. The molecule has 0 amide bonds. The monoisotopic (exact) mass is 224 g/mol. The molecule has 1 fully saturated rings. The second-order valence-corrected chi connectivity index (χ2v) is 4.56. The molecule has 2 aromatic rings. The summed E-state index contributed by atoms with van der Waals surface area (Å²) in [6.07, 6.45) is 0. The first-order valence-corrected chi connectivity index (χ1v) is 5.85. The number of rotatable bonds is 0. The van der Waals surface area contributed by atoms with Crippen LogP contribution in [0.15, 0.2) is 48.5 Å². The van der Waals surface area contributed by atoms with Gasteiger partial charge in [0.15, 0.2) is 0 Å². The molecule has 0 radical (unpaired) electrons. The number of ether oxygens (including phenoxy) is 2. The topological polar surface area (TPSA) is 21.8 Å². The Bertz CT molecular complexity index is 535. The third-order valence-electron chi connectivity index (χ3n) is 3.59. The molecule has 2 heteroatoms. The molecule has 17 heavy (non-hydrogen) atoms. The largest absolute Gasteiger partial charge is 0.488 e. The fraction of sp³-hybridized carbons (Fsp3) is 0.200. The molecular weight excluding hydrogens is 212 g/mol. The number of hydrogen-bond donors (Lipinski definition) is 0. The number of fused-ring (bicyclic) bond motifs is 4. The molecule has 2 nitrogen and oxygen atoms in total. The minimum atomic E-state index is -0.246. The van der Waals surface area contributed by atoms with Gasteiger partial charge in [0.1, 0.15) is 18.0 Å². The molecule has 1 atom stereocenters. The van der Waals surface area contributed by atoms with Gasteiger partial charge in [0.25, 0.3) is 0 Å². The lowest BCUT2D eigenvalue weighted by molar-refractivity contribution is 0.303. The van der Waals surface area contributed by atoms with Crippen molar-refractivity contribution in [3.63, 3.8) is 0 Å². The van der Waals surface area contributed by atoms with Crippen LogP contribution in [0.1, 0.15) is 16.7 Å². The summed E-state index contributed by atoms with van der Waals surface area (Å²) in [5, 5.41) is 0. The minimum Gasteiger partial charge on any atom is -0.488 e. The van der Waals surface area contributed by atoms with Crippen LogP contribution < -0.4 is 4.74 Å². The molecule has 1 spiro atoms. The smallest absolute Gasteiger partial charge is 0.145 e. The average Bonchev–Trinajstić information content (AvgIpc) is 3.19. The van der Waals surface area contributed by atoms with Crippen LogP contribution in [-0.2, 0) is 16.9 Å². The van der Waals surface area contributed by atoms with Gasteiger partial charge in [-0.15, -0.1) is 0 Å². The van der Waals surface area contributed by atoms with Crippen LogP contribution in [0.2, 0.25) is 0 Å². The highest BCUT2D eigenvalue weighted by molar-refractivity contribution is 5.52. The van der Waals surface area contributed by atoms with E-state index in [0.717, 1.165) is 17.9 Å². The highest BCUT2D eigenvalue weighted by Crippen LogP contribution is 2.51. The maximum atomic E-state index is 5.87. The summed E-state index contributed by atoms with van der Waals surface area (Å²) in [6, 6.07) is 16.5. The SMILES string of the molecule is c1ccc2c(c1)COc1ccccc1C21CO1. The van der Waals surface area contributed by atoms with E-state index < -0.39 is 0 Å². The predicted molar refractivity (Wildman–Crippen MR) is 63.9 cm³/mol. The van der Waals surface area contributed by atoms with Gasteiger partial charge in [0, 0.05) is 5.56 Å². The molecule has 2 heterocycles. The third-order valence-corrected chi connectivity index (χ3v) is 3.59. The highest BCUT2D eigenvalue weighted by atomic mass is 16.6. The summed E-state index contributed by atoms with van der Waals surface area (Å²) in [5.41, 5.74) is 3.39. The van der Waals surface area contributed by atoms with Crippen LogP contribution in [0.4, 0.5) is 0 Å². The normalized spacial score (nSPS) is 24.5. The van der Waals surface area contributed by atoms with Crippen molar-refractivity contribution in [3.8, 4) is 5.75 Å². The highest BCUT2D eigenvalue weighted by Gasteiger charge is 2.52. The van der Waals surface area contributed by atoms with Gasteiger partial charge in [0.2, 0.25) is 0 Å². The molecule has 2 aliphatic rings. The van der Waals surface area contributed by atoms with E-state index in [4.69, 9.17) is 9.47 Å². The molecule has 1 saturated heterocycles. The molecule has 0 saturated carbocycles. The van der Waals surface area contributed by atoms with E-state index in [9.17, 15) is 0 Å². The first-order chi connectivity index (χ1) is 8.40. The molecule has 4 rings (SSSR count). The van der Waals surface area contributed by atoms with Gasteiger partial charge in [-0.1, -0.05) is 42.5 Å². The molecule has 0 aliphatic carbocycles. The van der Waals surface area contributed by atoms with Crippen molar-refractivity contribution in [2.75, 3.05) is 6.61 Å². The Morgan fingerprint density at radius 2 is 1.59 bits per heavy atom. The zero-order valence-corrected chi connectivity index (χ0v) is 9.35. The van der Waals surface area contributed by atoms with Crippen molar-refractivity contribution in [1.82, 2.24) is 0 Å². The quantitative estimate of drug-likeness (QED) is 0.642. The Labute approximate surface area is 99.8 Å². The summed E-state index contributed by atoms with van der Waals surface area (Å²) in [6.45, 7) is 1.38. The zero-order chi connectivity index (χ0) is 11.3. The summed E-state index contributed by atoms with van der Waals surface area (Å²) < 4.78 is 11.7. The second-order valence-electron chi connectivity index (χ2n) is 4.56. The van der Waals surface area contributed by atoms with Gasteiger partial charge in [-0.05, 0) is 17.2 Å². The third kappa shape index (κ3) is 1.19. The van der Waals surface area contributed by atoms with Crippen LogP contribution in [0, 0.1) is 0 Å². The number of para-hydroxylation sites is 1. The number of hydrogen-bond acceptors (Lipinski definition) is 2. The lowest BCUT2D eigenvalue weighted by Crippen LogP contribution is -2.11. The Hall–Kier alpha value is -1.80. The number of benzene rings is 2. The van der Waals surface area contributed by atoms with Crippen molar-refractivity contribution >= 4 is 0 Å². The van der Waals surface area contributed by atoms with E-state index in [0.29, 0.717) is 6.61 Å². The second kappa shape index (κ2) is 3.11. The Kier molecular flexibility index (Phi) is 1.69. The van der Waals surface area contributed by atoms with Crippen molar-refractivity contribution in [3.05, 3.63) is 65.2 Å². The summed E-state index contributed by atoms with van der Waals surface area (Å²) in [5.74, 6) is 0.946. The van der Waals surface area contributed by atoms with Gasteiger partial charge >= 0.3 is 0 Å². The first kappa shape index (κ1) is 9.25. The van der Waals surface area contributed by atoms with Crippen LogP contribution in [0.5, 0.6) is 5.75 Å². The van der Waals surface area contributed by atoms with Crippen LogP contribution in [0.3, 0.4) is 0 Å². The first-order valence-electron chi connectivity index (χ1n) is 5.85. The Balaban J connectivity index is 2.00. The van der Waals surface area contributed by atoms with E-state index in [2.05, 4.69) is 24.3 Å². The van der Waals surface area contributed by atoms with Crippen molar-refractivity contribution in [2.24, 2.45) is 0 Å². The molecule has 84 valence electrons. The molecule has 2 aromatic carbocycles. The predicted octanol–water partition coefficient (Wildman–Crippen LogP) is 2.85. The molecule has 0 N–H and O–H groups in total. The van der Waals surface area contributed by atoms with E-state index in [1.54, 1.807) is 0 Å². The van der Waals surface area contributed by atoms with E-state index in [1.807, 2.05) is 24.3 Å². The standard InChI is InChI=1S/C15H12O2/c1-2-6-12-11(5-1)9-16-14-8-4-3-7-13(14)15(12)10-17-15/h1-8H,9-10H2. The Morgan fingerprint density at radius 1 is 0.882 bits per heavy atom. The van der Waals surface area contributed by atoms with Crippen molar-refractivity contribution in [1.29, 1.82) is 0 Å². The van der Waals surface area contributed by atoms with Gasteiger partial charge in [-0.2, -0.15) is 0 Å². The van der Waals surface area contributed by atoms with Gasteiger partial charge in [-0.25, -0.2) is 0 Å². The van der Waals surface area contributed by atoms with Crippen molar-refractivity contribution < 1.29 is 9.47 Å². The molecule has 0 aromatic heterocycles. The molecule has 1 unspecified atom stereocenters.